The molecule has 0 aliphatic carbocycles. The number of esters is 2. The second-order valence-corrected chi connectivity index (χ2v) is 5.38. The first-order valence-corrected chi connectivity index (χ1v) is 7.46. The van der Waals surface area contributed by atoms with E-state index in [1.165, 1.54) is 12.1 Å². The van der Waals surface area contributed by atoms with Crippen LogP contribution in [0, 0.1) is 5.82 Å². The van der Waals surface area contributed by atoms with Crippen LogP contribution >= 0.6 is 23.2 Å². The Morgan fingerprint density at radius 2 is 1.67 bits per heavy atom. The van der Waals surface area contributed by atoms with Crippen molar-refractivity contribution < 1.29 is 23.5 Å². The van der Waals surface area contributed by atoms with E-state index in [2.05, 4.69) is 0 Å². The summed E-state index contributed by atoms with van der Waals surface area (Å²) >= 11 is 11.5. The molecule has 0 N–H and O–H groups in total. The van der Waals surface area contributed by atoms with Crippen molar-refractivity contribution >= 4 is 35.1 Å². The first-order chi connectivity index (χ1) is 11.5. The summed E-state index contributed by atoms with van der Waals surface area (Å²) in [6.07, 6.45) is 1.71. The topological polar surface area (TPSA) is 52.6 Å². The summed E-state index contributed by atoms with van der Waals surface area (Å²) in [6.45, 7) is 0.0224. The summed E-state index contributed by atoms with van der Waals surface area (Å²) in [6, 6.07) is 10.6. The Labute approximate surface area is 147 Å². The first-order valence-electron chi connectivity index (χ1n) is 6.71. The highest BCUT2D eigenvalue weighted by atomic mass is 35.5. The molecule has 0 bridgehead atoms. The van der Waals surface area contributed by atoms with Crippen molar-refractivity contribution in [3.05, 3.63) is 76.0 Å². The van der Waals surface area contributed by atoms with Crippen LogP contribution in [-0.4, -0.2) is 11.9 Å². The lowest BCUT2D eigenvalue weighted by Gasteiger charge is -2.04. The highest BCUT2D eigenvalue weighted by Crippen LogP contribution is 2.27. The molecule has 0 spiro atoms. The molecule has 2 rings (SSSR count). The molecule has 4 nitrogen and oxygen atoms in total. The maximum absolute atomic E-state index is 13.5. The number of carbonyl (C=O) groups excluding carboxylic acids is 2. The Kier molecular flexibility index (Phi) is 6.35. The molecule has 0 saturated heterocycles. The lowest BCUT2D eigenvalue weighted by molar-refractivity contribution is -0.139. The van der Waals surface area contributed by atoms with Crippen molar-refractivity contribution in [1.29, 1.82) is 0 Å². The number of halogens is 3. The third kappa shape index (κ3) is 5.37. The summed E-state index contributed by atoms with van der Waals surface area (Å²) < 4.78 is 23.1. The van der Waals surface area contributed by atoms with Gasteiger partial charge in [-0.05, 0) is 29.8 Å². The van der Waals surface area contributed by atoms with E-state index in [1.54, 1.807) is 24.3 Å². The third-order valence-corrected chi connectivity index (χ3v) is 3.32. The second-order valence-electron chi connectivity index (χ2n) is 4.54. The Morgan fingerprint density at radius 1 is 1.00 bits per heavy atom. The van der Waals surface area contributed by atoms with Gasteiger partial charge in [0.05, 0.1) is 5.02 Å². The van der Waals surface area contributed by atoms with E-state index in [0.29, 0.717) is 5.02 Å². The zero-order chi connectivity index (χ0) is 17.5. The van der Waals surface area contributed by atoms with Crippen molar-refractivity contribution in [2.75, 3.05) is 0 Å². The van der Waals surface area contributed by atoms with Crippen LogP contribution in [0.2, 0.25) is 10.0 Å². The molecule has 0 radical (unpaired) electrons. The van der Waals surface area contributed by atoms with Gasteiger partial charge in [-0.15, -0.1) is 0 Å². The molecule has 0 heterocycles. The number of hydrogen-bond acceptors (Lipinski definition) is 4. The van der Waals surface area contributed by atoms with Crippen molar-refractivity contribution in [3.8, 4) is 5.75 Å². The minimum absolute atomic E-state index is 0.0224. The van der Waals surface area contributed by atoms with E-state index in [9.17, 15) is 14.0 Å². The van der Waals surface area contributed by atoms with E-state index in [4.69, 9.17) is 32.7 Å². The fourth-order valence-corrected chi connectivity index (χ4v) is 1.96. The van der Waals surface area contributed by atoms with Gasteiger partial charge in [-0.2, -0.15) is 0 Å². The summed E-state index contributed by atoms with van der Waals surface area (Å²) in [5, 5.41) is 0.515. The molecule has 2 aromatic rings. The number of ether oxygens (including phenoxy) is 2. The van der Waals surface area contributed by atoms with Gasteiger partial charge in [-0.1, -0.05) is 41.4 Å². The normalized spacial score (nSPS) is 10.6. The first kappa shape index (κ1) is 18.0. The molecule has 124 valence electrons. The number of rotatable bonds is 5. The van der Waals surface area contributed by atoms with Gasteiger partial charge in [0.15, 0.2) is 11.6 Å². The molecular formula is C17H11Cl2FO4. The molecule has 0 unspecified atom stereocenters. The van der Waals surface area contributed by atoms with Gasteiger partial charge >= 0.3 is 11.9 Å². The molecule has 0 saturated carbocycles. The average Bonchev–Trinajstić information content (AvgIpc) is 2.56. The van der Waals surface area contributed by atoms with Crippen molar-refractivity contribution in [2.24, 2.45) is 0 Å². The van der Waals surface area contributed by atoms with E-state index < -0.39 is 23.5 Å². The minimum Gasteiger partial charge on any atom is -0.458 e. The van der Waals surface area contributed by atoms with Gasteiger partial charge in [-0.3, -0.25) is 0 Å². The predicted octanol–water partition coefficient (Wildman–Crippen LogP) is 4.34. The smallest absolute Gasteiger partial charge is 0.336 e. The Bertz CT molecular complexity index is 752. The van der Waals surface area contributed by atoms with Crippen LogP contribution in [0.3, 0.4) is 0 Å². The highest BCUT2D eigenvalue weighted by Gasteiger charge is 2.11. The summed E-state index contributed by atoms with van der Waals surface area (Å²) in [5.74, 6) is -2.88. The fraction of sp³-hybridized carbons (Fsp3) is 0.0588. The van der Waals surface area contributed by atoms with Gasteiger partial charge in [0.1, 0.15) is 6.61 Å². The molecule has 2 aromatic carbocycles. The molecule has 0 atom stereocenters. The Hall–Kier alpha value is -2.37. The minimum atomic E-state index is -0.953. The van der Waals surface area contributed by atoms with Crippen molar-refractivity contribution in [1.82, 2.24) is 0 Å². The molecule has 24 heavy (non-hydrogen) atoms. The van der Waals surface area contributed by atoms with Gasteiger partial charge in [0, 0.05) is 17.2 Å². The van der Waals surface area contributed by atoms with Crippen LogP contribution in [0.5, 0.6) is 5.75 Å². The maximum atomic E-state index is 13.5. The quantitative estimate of drug-likeness (QED) is 0.447. The van der Waals surface area contributed by atoms with E-state index in [0.717, 1.165) is 23.8 Å². The lowest BCUT2D eigenvalue weighted by Crippen LogP contribution is -2.08. The Balaban J connectivity index is 1.86. The predicted molar refractivity (Wildman–Crippen MR) is 87.4 cm³/mol. The van der Waals surface area contributed by atoms with Gasteiger partial charge < -0.3 is 9.47 Å². The average molecular weight is 369 g/mol. The zero-order valence-corrected chi connectivity index (χ0v) is 13.7. The third-order valence-electron chi connectivity index (χ3n) is 2.77. The van der Waals surface area contributed by atoms with E-state index in [1.807, 2.05) is 0 Å². The maximum Gasteiger partial charge on any atom is 0.336 e. The number of hydrogen-bond donors (Lipinski definition) is 0. The number of carbonyl (C=O) groups is 2. The van der Waals surface area contributed by atoms with Crippen LogP contribution < -0.4 is 4.74 Å². The Morgan fingerprint density at radius 3 is 2.33 bits per heavy atom. The van der Waals surface area contributed by atoms with E-state index >= 15 is 0 Å². The molecule has 7 heteroatoms. The van der Waals surface area contributed by atoms with Crippen LogP contribution in [0.1, 0.15) is 5.56 Å². The van der Waals surface area contributed by atoms with Crippen LogP contribution in [0.15, 0.2) is 54.6 Å². The largest absolute Gasteiger partial charge is 0.458 e. The number of para-hydroxylation sites is 1. The fourth-order valence-electron chi connectivity index (χ4n) is 1.63. The van der Waals surface area contributed by atoms with Gasteiger partial charge in [-0.25, -0.2) is 14.0 Å². The van der Waals surface area contributed by atoms with Gasteiger partial charge in [0.25, 0.3) is 0 Å². The summed E-state index contributed by atoms with van der Waals surface area (Å²) in [7, 11) is 0. The number of benzene rings is 2. The molecule has 0 fully saturated rings. The van der Waals surface area contributed by atoms with Crippen LogP contribution in [-0.2, 0) is 20.9 Å². The highest BCUT2D eigenvalue weighted by molar-refractivity contribution is 6.32. The molecular weight excluding hydrogens is 358 g/mol. The van der Waals surface area contributed by atoms with Crippen molar-refractivity contribution in [3.63, 3.8) is 0 Å². The lowest BCUT2D eigenvalue weighted by atomic mass is 10.2. The molecule has 0 aliphatic heterocycles. The molecule has 0 aliphatic rings. The summed E-state index contributed by atoms with van der Waals surface area (Å²) in [5.41, 5.74) is 0.738. The molecule has 0 amide bonds. The molecule has 0 aromatic heterocycles. The van der Waals surface area contributed by atoms with Crippen LogP contribution in [0.4, 0.5) is 4.39 Å². The zero-order valence-electron chi connectivity index (χ0n) is 12.2. The van der Waals surface area contributed by atoms with Crippen molar-refractivity contribution in [2.45, 2.75) is 6.61 Å². The van der Waals surface area contributed by atoms with Crippen LogP contribution in [0.25, 0.3) is 0 Å². The standard InChI is InChI=1S/C17H11Cl2FO4/c18-12-6-4-11(5-7-12)10-23-15(21)8-9-16(22)24-17-13(19)2-1-3-14(17)20/h1-9H,10H2/b9-8+. The van der Waals surface area contributed by atoms with Gasteiger partial charge in [0.2, 0.25) is 0 Å². The van der Waals surface area contributed by atoms with E-state index in [-0.39, 0.29) is 11.6 Å². The monoisotopic (exact) mass is 368 g/mol. The SMILES string of the molecule is O=C(/C=C/C(=O)Oc1c(F)cccc1Cl)OCc1ccc(Cl)cc1. The summed E-state index contributed by atoms with van der Waals surface area (Å²) in [4.78, 5) is 23.1. The second kappa shape index (κ2) is 8.47.